The lowest BCUT2D eigenvalue weighted by Crippen LogP contribution is -2.28. The number of amides is 1. The van der Waals surface area contributed by atoms with E-state index in [1.54, 1.807) is 7.05 Å². The van der Waals surface area contributed by atoms with Gasteiger partial charge in [0, 0.05) is 19.8 Å². The zero-order valence-electron chi connectivity index (χ0n) is 14.3. The van der Waals surface area contributed by atoms with E-state index in [1.165, 1.54) is 29.7 Å². The van der Waals surface area contributed by atoms with Crippen LogP contribution >= 0.6 is 23.2 Å². The Bertz CT molecular complexity index is 1020. The average molecular weight is 421 g/mol. The summed E-state index contributed by atoms with van der Waals surface area (Å²) in [4.78, 5) is 17.9. The molecule has 0 bridgehead atoms. The first-order valence-corrected chi connectivity index (χ1v) is 8.31. The monoisotopic (exact) mass is 420 g/mol. The number of halogens is 5. The summed E-state index contributed by atoms with van der Waals surface area (Å²) in [5, 5.41) is 7.84. The Hall–Kier alpha value is -2.33. The maximum absolute atomic E-state index is 13.3. The van der Waals surface area contributed by atoms with Gasteiger partial charge in [0.1, 0.15) is 10.7 Å². The molecule has 0 unspecified atom stereocenters. The van der Waals surface area contributed by atoms with Gasteiger partial charge >= 0.3 is 6.18 Å². The summed E-state index contributed by atoms with van der Waals surface area (Å²) in [6, 6.07) is 0.837. The van der Waals surface area contributed by atoms with Gasteiger partial charge in [0.15, 0.2) is 11.3 Å². The molecule has 0 aliphatic rings. The van der Waals surface area contributed by atoms with Crippen molar-refractivity contribution in [1.29, 1.82) is 0 Å². The molecule has 0 aliphatic carbocycles. The molecule has 0 aliphatic heterocycles. The average Bonchev–Trinajstić information content (AvgIpc) is 3.07. The summed E-state index contributed by atoms with van der Waals surface area (Å²) in [6.45, 7) is 1.47. The van der Waals surface area contributed by atoms with Gasteiger partial charge in [0.25, 0.3) is 5.91 Å². The fourth-order valence-corrected chi connectivity index (χ4v) is 3.01. The number of aryl methyl sites for hydroxylation is 2. The Morgan fingerprint density at radius 2 is 2.00 bits per heavy atom. The number of alkyl halides is 3. The highest BCUT2D eigenvalue weighted by atomic mass is 35.5. The van der Waals surface area contributed by atoms with Crippen LogP contribution in [-0.2, 0) is 19.8 Å². The van der Waals surface area contributed by atoms with Crippen LogP contribution in [0.25, 0.3) is 5.65 Å². The first-order chi connectivity index (χ1) is 12.5. The normalized spacial score (nSPS) is 12.0. The molecule has 7 nitrogen and oxygen atoms in total. The van der Waals surface area contributed by atoms with Crippen molar-refractivity contribution in [2.75, 3.05) is 7.05 Å². The molecule has 3 heterocycles. The first-order valence-electron chi connectivity index (χ1n) is 7.55. The van der Waals surface area contributed by atoms with Crippen LogP contribution in [0.15, 0.2) is 12.3 Å². The molecule has 0 atom stereocenters. The highest BCUT2D eigenvalue weighted by molar-refractivity contribution is 6.36. The second kappa shape index (κ2) is 6.68. The standard InChI is InChI=1S/C15H13Cl2F3N6O/c1-7-4-10(15(18,19)20)26-13(22-7)11(17)12(23-26)14(27)24(2)6-9-8(16)5-21-25(9)3/h4-5H,6H2,1-3H3. The summed E-state index contributed by atoms with van der Waals surface area (Å²) in [5.74, 6) is -0.673. The van der Waals surface area contributed by atoms with E-state index in [1.807, 2.05) is 0 Å². The zero-order valence-corrected chi connectivity index (χ0v) is 15.9. The summed E-state index contributed by atoms with van der Waals surface area (Å²) < 4.78 is 41.9. The van der Waals surface area contributed by atoms with Gasteiger partial charge in [-0.15, -0.1) is 0 Å². The summed E-state index contributed by atoms with van der Waals surface area (Å²) in [7, 11) is 3.11. The van der Waals surface area contributed by atoms with Crippen LogP contribution in [0.2, 0.25) is 10.0 Å². The number of carbonyl (C=O) groups is 1. The predicted molar refractivity (Wildman–Crippen MR) is 91.8 cm³/mol. The molecule has 0 saturated carbocycles. The molecule has 3 aromatic rings. The molecule has 144 valence electrons. The predicted octanol–water partition coefficient (Wildman–Crippen LogP) is 3.37. The van der Waals surface area contributed by atoms with Crippen LogP contribution in [0.5, 0.6) is 0 Å². The number of fused-ring (bicyclic) bond motifs is 1. The lowest BCUT2D eigenvalue weighted by molar-refractivity contribution is -0.142. The van der Waals surface area contributed by atoms with Crippen molar-refractivity contribution >= 4 is 34.8 Å². The molecule has 0 radical (unpaired) electrons. The number of carbonyl (C=O) groups excluding carboxylic acids is 1. The second-order valence-electron chi connectivity index (χ2n) is 5.90. The van der Waals surface area contributed by atoms with Crippen molar-refractivity contribution < 1.29 is 18.0 Å². The fraction of sp³-hybridized carbons (Fsp3) is 0.333. The highest BCUT2D eigenvalue weighted by Crippen LogP contribution is 2.32. The fourth-order valence-electron chi connectivity index (χ4n) is 2.54. The van der Waals surface area contributed by atoms with Crippen molar-refractivity contribution in [2.45, 2.75) is 19.6 Å². The van der Waals surface area contributed by atoms with Gasteiger partial charge in [-0.3, -0.25) is 9.48 Å². The van der Waals surface area contributed by atoms with E-state index in [0.29, 0.717) is 15.2 Å². The van der Waals surface area contributed by atoms with Gasteiger partial charge < -0.3 is 4.90 Å². The van der Waals surface area contributed by atoms with Gasteiger partial charge in [0.05, 0.1) is 23.5 Å². The quantitative estimate of drug-likeness (QED) is 0.651. The van der Waals surface area contributed by atoms with Crippen molar-refractivity contribution in [1.82, 2.24) is 29.3 Å². The van der Waals surface area contributed by atoms with Gasteiger partial charge in [-0.1, -0.05) is 23.2 Å². The SMILES string of the molecule is Cc1cc(C(F)(F)F)n2nc(C(=O)N(C)Cc3c(Cl)cnn3C)c(Cl)c2n1. The van der Waals surface area contributed by atoms with E-state index in [0.717, 1.165) is 6.07 Å². The summed E-state index contributed by atoms with van der Waals surface area (Å²) >= 11 is 12.2. The van der Waals surface area contributed by atoms with Crippen LogP contribution in [0.4, 0.5) is 13.2 Å². The van der Waals surface area contributed by atoms with Gasteiger partial charge in [0.2, 0.25) is 0 Å². The Kier molecular flexibility index (Phi) is 4.81. The smallest absolute Gasteiger partial charge is 0.334 e. The van der Waals surface area contributed by atoms with Gasteiger partial charge in [-0.2, -0.15) is 23.4 Å². The van der Waals surface area contributed by atoms with E-state index in [2.05, 4.69) is 15.2 Å². The molecule has 0 spiro atoms. The van der Waals surface area contributed by atoms with Crippen LogP contribution in [-0.4, -0.2) is 42.2 Å². The molecule has 1 amide bonds. The third-order valence-corrected chi connectivity index (χ3v) is 4.56. The molecule has 0 saturated heterocycles. The molecule has 27 heavy (non-hydrogen) atoms. The Balaban J connectivity index is 2.04. The van der Waals surface area contributed by atoms with Crippen molar-refractivity contribution in [2.24, 2.45) is 7.05 Å². The maximum atomic E-state index is 13.3. The summed E-state index contributed by atoms with van der Waals surface area (Å²) in [6.07, 6.45) is -3.26. The number of hydrogen-bond acceptors (Lipinski definition) is 4. The van der Waals surface area contributed by atoms with E-state index in [4.69, 9.17) is 23.2 Å². The van der Waals surface area contributed by atoms with Crippen LogP contribution in [0.1, 0.15) is 27.6 Å². The largest absolute Gasteiger partial charge is 0.433 e. The van der Waals surface area contributed by atoms with E-state index in [9.17, 15) is 18.0 Å². The van der Waals surface area contributed by atoms with Crippen LogP contribution in [0.3, 0.4) is 0 Å². The van der Waals surface area contributed by atoms with Crippen molar-refractivity contribution in [3.63, 3.8) is 0 Å². The maximum Gasteiger partial charge on any atom is 0.433 e. The minimum Gasteiger partial charge on any atom is -0.334 e. The van der Waals surface area contributed by atoms with Gasteiger partial charge in [-0.25, -0.2) is 9.50 Å². The van der Waals surface area contributed by atoms with Crippen molar-refractivity contribution in [3.05, 3.63) is 45.1 Å². The minimum absolute atomic E-state index is 0.0664. The first kappa shape index (κ1) is 19.4. The number of hydrogen-bond donors (Lipinski definition) is 0. The molecule has 0 fully saturated rings. The topological polar surface area (TPSA) is 68.3 Å². The van der Waals surface area contributed by atoms with Gasteiger partial charge in [-0.05, 0) is 13.0 Å². The molecular formula is C15H13Cl2F3N6O. The molecule has 12 heteroatoms. The Morgan fingerprint density at radius 1 is 1.33 bits per heavy atom. The molecular weight excluding hydrogens is 408 g/mol. The second-order valence-corrected chi connectivity index (χ2v) is 6.69. The van der Waals surface area contributed by atoms with E-state index >= 15 is 0 Å². The number of rotatable bonds is 3. The highest BCUT2D eigenvalue weighted by Gasteiger charge is 2.36. The zero-order chi connectivity index (χ0) is 20.1. The summed E-state index contributed by atoms with van der Waals surface area (Å²) in [5.41, 5.74) is -0.980. The minimum atomic E-state index is -4.68. The number of nitrogens with zero attached hydrogens (tertiary/aromatic N) is 6. The van der Waals surface area contributed by atoms with Crippen LogP contribution < -0.4 is 0 Å². The molecule has 3 aromatic heterocycles. The third-order valence-electron chi connectivity index (χ3n) is 3.90. The lowest BCUT2D eigenvalue weighted by Gasteiger charge is -2.16. The van der Waals surface area contributed by atoms with Crippen LogP contribution in [0, 0.1) is 6.92 Å². The van der Waals surface area contributed by atoms with Crippen molar-refractivity contribution in [3.8, 4) is 0 Å². The van der Waals surface area contributed by atoms with E-state index < -0.39 is 17.8 Å². The number of aromatic nitrogens is 5. The lowest BCUT2D eigenvalue weighted by atomic mass is 10.3. The Labute approximate surface area is 161 Å². The molecule has 3 rings (SSSR count). The van der Waals surface area contributed by atoms with E-state index in [-0.39, 0.29) is 28.6 Å². The Morgan fingerprint density at radius 3 is 2.56 bits per heavy atom. The molecule has 0 N–H and O–H groups in total. The molecule has 0 aromatic carbocycles. The third kappa shape index (κ3) is 3.46.